The Labute approximate surface area is 268 Å². The molecule has 240 valence electrons. The van der Waals surface area contributed by atoms with Crippen LogP contribution in [0.25, 0.3) is 0 Å². The van der Waals surface area contributed by atoms with Crippen molar-refractivity contribution in [2.75, 3.05) is 73.6 Å². The SMILES string of the molecule is C[C@]12C=CC(=O)CC1=CCC1C2=CC[C@]2(C)C(C(=O)CN3CCN(c4cc(N5CCCC5)nc(N5CCCC5)n4)CC3)CCC12. The first kappa shape index (κ1) is 29.4. The van der Waals surface area contributed by atoms with E-state index in [4.69, 9.17) is 9.97 Å². The van der Waals surface area contributed by atoms with Crippen LogP contribution in [0.1, 0.15) is 71.6 Å². The third-order valence-corrected chi connectivity index (χ3v) is 12.9. The van der Waals surface area contributed by atoms with Gasteiger partial charge in [0, 0.05) is 76.2 Å². The van der Waals surface area contributed by atoms with Crippen LogP contribution in [0.5, 0.6) is 0 Å². The average molecular weight is 611 g/mol. The van der Waals surface area contributed by atoms with Crippen LogP contribution >= 0.6 is 0 Å². The van der Waals surface area contributed by atoms with Crippen LogP contribution in [0.2, 0.25) is 0 Å². The van der Waals surface area contributed by atoms with Gasteiger partial charge in [0.15, 0.2) is 5.78 Å². The van der Waals surface area contributed by atoms with Crippen molar-refractivity contribution in [3.63, 3.8) is 0 Å². The second-order valence-corrected chi connectivity index (χ2v) is 15.4. The predicted octanol–water partition coefficient (Wildman–Crippen LogP) is 5.21. The second-order valence-electron chi connectivity index (χ2n) is 15.4. The van der Waals surface area contributed by atoms with Gasteiger partial charge in [-0.3, -0.25) is 14.5 Å². The molecule has 8 heteroatoms. The van der Waals surface area contributed by atoms with Crippen LogP contribution < -0.4 is 14.7 Å². The number of nitrogens with zero attached hydrogens (tertiary/aromatic N) is 6. The van der Waals surface area contributed by atoms with E-state index >= 15 is 0 Å². The number of allylic oxidation sites excluding steroid dienone is 6. The molecular weight excluding hydrogens is 560 g/mol. The van der Waals surface area contributed by atoms with Crippen molar-refractivity contribution in [1.82, 2.24) is 14.9 Å². The lowest BCUT2D eigenvalue weighted by Gasteiger charge is -2.51. The third kappa shape index (κ3) is 5.06. The molecule has 0 spiro atoms. The molecule has 3 saturated heterocycles. The lowest BCUT2D eigenvalue weighted by molar-refractivity contribution is -0.128. The highest BCUT2D eigenvalue weighted by Crippen LogP contribution is 2.63. The van der Waals surface area contributed by atoms with Gasteiger partial charge in [0.2, 0.25) is 5.95 Å². The molecule has 3 aliphatic heterocycles. The van der Waals surface area contributed by atoms with Gasteiger partial charge in [0.25, 0.3) is 0 Å². The van der Waals surface area contributed by atoms with Crippen LogP contribution in [0.15, 0.2) is 41.5 Å². The summed E-state index contributed by atoms with van der Waals surface area (Å²) < 4.78 is 0. The zero-order chi connectivity index (χ0) is 30.8. The van der Waals surface area contributed by atoms with Crippen LogP contribution in [-0.2, 0) is 9.59 Å². The molecule has 4 fully saturated rings. The minimum atomic E-state index is -0.117. The molecule has 0 N–H and O–H groups in total. The van der Waals surface area contributed by atoms with E-state index in [0.717, 1.165) is 95.6 Å². The number of hydrogen-bond donors (Lipinski definition) is 0. The zero-order valence-electron chi connectivity index (χ0n) is 27.3. The lowest BCUT2D eigenvalue weighted by atomic mass is 9.53. The Hall–Kier alpha value is -3.00. The molecule has 8 rings (SSSR count). The number of hydrogen-bond acceptors (Lipinski definition) is 8. The molecule has 1 aromatic heterocycles. The molecule has 0 bridgehead atoms. The maximum absolute atomic E-state index is 14.0. The first-order valence-corrected chi connectivity index (χ1v) is 17.8. The molecule has 3 unspecified atom stereocenters. The van der Waals surface area contributed by atoms with Crippen molar-refractivity contribution < 1.29 is 9.59 Å². The first-order valence-electron chi connectivity index (χ1n) is 17.8. The van der Waals surface area contributed by atoms with Crippen LogP contribution in [0.4, 0.5) is 17.6 Å². The van der Waals surface area contributed by atoms with Gasteiger partial charge in [0.1, 0.15) is 17.4 Å². The largest absolute Gasteiger partial charge is 0.356 e. The molecule has 7 aliphatic rings. The van der Waals surface area contributed by atoms with Gasteiger partial charge in [0.05, 0.1) is 6.54 Å². The summed E-state index contributed by atoms with van der Waals surface area (Å²) in [5.74, 6) is 4.85. The molecular formula is C37H50N6O2. The maximum atomic E-state index is 14.0. The van der Waals surface area contributed by atoms with Gasteiger partial charge in [-0.1, -0.05) is 36.3 Å². The first-order chi connectivity index (χ1) is 21.8. The second kappa shape index (κ2) is 11.4. The molecule has 0 radical (unpaired) electrons. The summed E-state index contributed by atoms with van der Waals surface area (Å²) >= 11 is 0. The van der Waals surface area contributed by atoms with E-state index in [2.05, 4.69) is 57.7 Å². The Morgan fingerprint density at radius 3 is 2.24 bits per heavy atom. The van der Waals surface area contributed by atoms with Crippen molar-refractivity contribution in [2.45, 2.75) is 71.6 Å². The minimum Gasteiger partial charge on any atom is -0.356 e. The van der Waals surface area contributed by atoms with Gasteiger partial charge < -0.3 is 14.7 Å². The highest BCUT2D eigenvalue weighted by atomic mass is 16.1. The van der Waals surface area contributed by atoms with Crippen molar-refractivity contribution in [1.29, 1.82) is 0 Å². The Morgan fingerprint density at radius 2 is 1.53 bits per heavy atom. The zero-order valence-corrected chi connectivity index (χ0v) is 27.3. The summed E-state index contributed by atoms with van der Waals surface area (Å²) in [6, 6.07) is 2.21. The summed E-state index contributed by atoms with van der Waals surface area (Å²) in [4.78, 5) is 45.9. The van der Waals surface area contributed by atoms with Crippen molar-refractivity contribution in [3.05, 3.63) is 41.5 Å². The molecule has 0 amide bonds. The van der Waals surface area contributed by atoms with E-state index in [0.29, 0.717) is 30.6 Å². The number of carbonyl (C=O) groups is 2. The lowest BCUT2D eigenvalue weighted by Crippen LogP contribution is -2.50. The van der Waals surface area contributed by atoms with Crippen molar-refractivity contribution >= 4 is 29.2 Å². The molecule has 45 heavy (non-hydrogen) atoms. The number of fused-ring (bicyclic) bond motifs is 5. The van der Waals surface area contributed by atoms with E-state index in [1.807, 2.05) is 0 Å². The number of Topliss-reactive ketones (excluding diaryl/α,β-unsaturated/α-hetero) is 1. The third-order valence-electron chi connectivity index (χ3n) is 12.9. The van der Waals surface area contributed by atoms with Gasteiger partial charge in [-0.2, -0.15) is 9.97 Å². The summed E-state index contributed by atoms with van der Waals surface area (Å²) in [6.07, 6.45) is 18.4. The number of anilines is 3. The van der Waals surface area contributed by atoms with Crippen LogP contribution in [-0.4, -0.2) is 85.3 Å². The maximum Gasteiger partial charge on any atom is 0.229 e. The van der Waals surface area contributed by atoms with E-state index in [-0.39, 0.29) is 22.5 Å². The molecule has 5 atom stereocenters. The summed E-state index contributed by atoms with van der Waals surface area (Å²) in [6.45, 7) is 13.1. The molecule has 1 aromatic rings. The number of aromatic nitrogens is 2. The highest BCUT2D eigenvalue weighted by Gasteiger charge is 2.56. The molecule has 1 saturated carbocycles. The Morgan fingerprint density at radius 1 is 0.867 bits per heavy atom. The number of piperazine rings is 1. The van der Waals surface area contributed by atoms with E-state index < -0.39 is 0 Å². The number of rotatable bonds is 6. The monoisotopic (exact) mass is 610 g/mol. The van der Waals surface area contributed by atoms with Crippen molar-refractivity contribution in [2.24, 2.45) is 28.6 Å². The predicted molar refractivity (Wildman–Crippen MR) is 179 cm³/mol. The van der Waals surface area contributed by atoms with Crippen LogP contribution in [0, 0.1) is 28.6 Å². The van der Waals surface area contributed by atoms with Gasteiger partial charge in [-0.25, -0.2) is 0 Å². The molecule has 4 heterocycles. The molecule has 0 aromatic carbocycles. The Balaban J connectivity index is 0.929. The van der Waals surface area contributed by atoms with E-state index in [1.165, 1.54) is 36.8 Å². The highest BCUT2D eigenvalue weighted by molar-refractivity contribution is 5.94. The fourth-order valence-electron chi connectivity index (χ4n) is 10.2. The summed E-state index contributed by atoms with van der Waals surface area (Å²) in [7, 11) is 0. The van der Waals surface area contributed by atoms with Gasteiger partial charge in [-0.05, 0) is 81.6 Å². The number of ketones is 2. The Bertz CT molecular complexity index is 1410. The quantitative estimate of drug-likeness (QED) is 0.407. The molecule has 8 nitrogen and oxygen atoms in total. The number of carbonyl (C=O) groups excluding carboxylic acids is 2. The normalized spacial score (nSPS) is 34.8. The molecule has 4 aliphatic carbocycles. The van der Waals surface area contributed by atoms with Gasteiger partial charge in [-0.15, -0.1) is 0 Å². The summed E-state index contributed by atoms with van der Waals surface area (Å²) in [5, 5.41) is 0. The van der Waals surface area contributed by atoms with E-state index in [1.54, 1.807) is 6.08 Å². The standard InChI is InChI=1S/C37H50N6O2/c1-36-13-11-27(44)23-26(36)7-8-28-29-9-10-31(37(29,2)14-12-30(28)36)32(45)25-40-19-21-42(22-20-40)34-24-33(41-15-3-4-16-41)38-35(39-34)43-17-5-6-18-43/h7,11-13,24,28-29,31H,3-6,8-10,14-23,25H2,1-2H3/t28?,29?,31?,36-,37-/m0/s1. The van der Waals surface area contributed by atoms with Crippen LogP contribution in [0.3, 0.4) is 0 Å². The smallest absolute Gasteiger partial charge is 0.229 e. The van der Waals surface area contributed by atoms with E-state index in [9.17, 15) is 9.59 Å². The fourth-order valence-corrected chi connectivity index (χ4v) is 10.2. The summed E-state index contributed by atoms with van der Waals surface area (Å²) in [5.41, 5.74) is 2.71. The topological polar surface area (TPSA) is 72.9 Å². The average Bonchev–Trinajstić information content (AvgIpc) is 3.83. The van der Waals surface area contributed by atoms with Crippen molar-refractivity contribution in [3.8, 4) is 0 Å². The fraction of sp³-hybridized carbons (Fsp3) is 0.676. The Kier molecular flexibility index (Phi) is 7.42. The van der Waals surface area contributed by atoms with Gasteiger partial charge >= 0.3 is 0 Å². The minimum absolute atomic E-state index is 0.0296.